The lowest BCUT2D eigenvalue weighted by Gasteiger charge is -2.17. The maximum absolute atomic E-state index is 10.7. The third-order valence-corrected chi connectivity index (χ3v) is 1.52. The molecule has 2 N–H and O–H groups in total. The number of ketones is 1. The first-order valence-corrected chi connectivity index (χ1v) is 3.18. The molecular formula is C6H10ClNO3. The van der Waals surface area contributed by atoms with E-state index in [9.17, 15) is 9.59 Å². The highest BCUT2D eigenvalue weighted by atomic mass is 35.5. The molecule has 0 radical (unpaired) electrons. The Kier molecular flexibility index (Phi) is 4.07. The Labute approximate surface area is 70.4 Å². The van der Waals surface area contributed by atoms with Crippen molar-refractivity contribution in [3.8, 4) is 0 Å². The number of carboxylic acids is 1. The molecule has 11 heavy (non-hydrogen) atoms. The predicted molar refractivity (Wildman–Crippen MR) is 40.9 cm³/mol. The maximum Gasteiger partial charge on any atom is 0.321 e. The number of rotatable bonds is 1. The lowest BCUT2D eigenvalue weighted by Crippen LogP contribution is -2.43. The standard InChI is InChI=1S/C6H9NO3.ClH/c8-4-1-2-7-5(3-4)6(9)10;/h5,7H,1-3H2,(H,9,10);1H/t5-;/m1./s1. The van der Waals surface area contributed by atoms with E-state index < -0.39 is 12.0 Å². The summed E-state index contributed by atoms with van der Waals surface area (Å²) in [6, 6.07) is -0.652. The fraction of sp³-hybridized carbons (Fsp3) is 0.667. The molecule has 1 aliphatic heterocycles. The summed E-state index contributed by atoms with van der Waals surface area (Å²) in [7, 11) is 0. The van der Waals surface area contributed by atoms with Gasteiger partial charge in [-0.3, -0.25) is 9.59 Å². The molecule has 0 unspecified atom stereocenters. The zero-order valence-corrected chi connectivity index (χ0v) is 6.69. The first kappa shape index (κ1) is 10.4. The first-order chi connectivity index (χ1) is 4.70. The Balaban J connectivity index is 0.000001000. The van der Waals surface area contributed by atoms with E-state index in [2.05, 4.69) is 5.32 Å². The molecule has 0 aromatic rings. The fourth-order valence-electron chi connectivity index (χ4n) is 0.962. The van der Waals surface area contributed by atoms with Crippen LogP contribution in [0.1, 0.15) is 12.8 Å². The van der Waals surface area contributed by atoms with Gasteiger partial charge in [0.1, 0.15) is 11.8 Å². The average Bonchev–Trinajstić information content (AvgIpc) is 1.88. The van der Waals surface area contributed by atoms with Gasteiger partial charge in [0.2, 0.25) is 0 Å². The van der Waals surface area contributed by atoms with E-state index in [0.29, 0.717) is 13.0 Å². The SMILES string of the molecule is Cl.O=C1CCN[C@@H](C(=O)O)C1. The van der Waals surface area contributed by atoms with Gasteiger partial charge in [0, 0.05) is 19.4 Å². The number of hydrogen-bond donors (Lipinski definition) is 2. The van der Waals surface area contributed by atoms with Crippen molar-refractivity contribution < 1.29 is 14.7 Å². The Morgan fingerprint density at radius 3 is 2.64 bits per heavy atom. The number of carboxylic acid groups (broad SMARTS) is 1. The van der Waals surface area contributed by atoms with Gasteiger partial charge >= 0.3 is 5.97 Å². The minimum absolute atomic E-state index is 0. The van der Waals surface area contributed by atoms with E-state index in [0.717, 1.165) is 0 Å². The van der Waals surface area contributed by atoms with E-state index in [1.165, 1.54) is 0 Å². The van der Waals surface area contributed by atoms with Crippen molar-refractivity contribution in [3.63, 3.8) is 0 Å². The maximum atomic E-state index is 10.7. The fourth-order valence-corrected chi connectivity index (χ4v) is 0.962. The Morgan fingerprint density at radius 1 is 1.64 bits per heavy atom. The molecule has 0 aromatic carbocycles. The van der Waals surface area contributed by atoms with Gasteiger partial charge in [0.15, 0.2) is 0 Å². The first-order valence-electron chi connectivity index (χ1n) is 3.18. The van der Waals surface area contributed by atoms with Gasteiger partial charge in [0.25, 0.3) is 0 Å². The monoisotopic (exact) mass is 179 g/mol. The molecule has 0 spiro atoms. The summed E-state index contributed by atoms with van der Waals surface area (Å²) in [5.41, 5.74) is 0. The molecule has 4 nitrogen and oxygen atoms in total. The second-order valence-electron chi connectivity index (χ2n) is 2.34. The number of piperidine rings is 1. The average molecular weight is 180 g/mol. The van der Waals surface area contributed by atoms with Crippen LogP contribution in [0.15, 0.2) is 0 Å². The largest absolute Gasteiger partial charge is 0.480 e. The van der Waals surface area contributed by atoms with Crippen LogP contribution in [0.4, 0.5) is 0 Å². The zero-order valence-electron chi connectivity index (χ0n) is 5.87. The molecule has 64 valence electrons. The van der Waals surface area contributed by atoms with E-state index >= 15 is 0 Å². The smallest absolute Gasteiger partial charge is 0.321 e. The van der Waals surface area contributed by atoms with Crippen molar-refractivity contribution in [1.29, 1.82) is 0 Å². The molecule has 1 rings (SSSR count). The van der Waals surface area contributed by atoms with Gasteiger partial charge in [-0.15, -0.1) is 12.4 Å². The summed E-state index contributed by atoms with van der Waals surface area (Å²) in [5, 5.41) is 11.2. The molecule has 0 amide bonds. The van der Waals surface area contributed by atoms with Crippen LogP contribution in [0.3, 0.4) is 0 Å². The summed E-state index contributed by atoms with van der Waals surface area (Å²) in [6.07, 6.45) is 0.596. The summed E-state index contributed by atoms with van der Waals surface area (Å²) < 4.78 is 0. The van der Waals surface area contributed by atoms with Gasteiger partial charge in [-0.1, -0.05) is 0 Å². The quantitative estimate of drug-likeness (QED) is 0.586. The summed E-state index contributed by atoms with van der Waals surface area (Å²) >= 11 is 0. The van der Waals surface area contributed by atoms with Gasteiger partial charge in [-0.25, -0.2) is 0 Å². The number of Topliss-reactive ketones (excluding diaryl/α,β-unsaturated/α-hetero) is 1. The van der Waals surface area contributed by atoms with E-state index in [4.69, 9.17) is 5.11 Å². The van der Waals surface area contributed by atoms with Crippen molar-refractivity contribution in [2.24, 2.45) is 0 Å². The topological polar surface area (TPSA) is 66.4 Å². The predicted octanol–water partition coefficient (Wildman–Crippen LogP) is -0.186. The van der Waals surface area contributed by atoms with Crippen LogP contribution < -0.4 is 5.32 Å². The van der Waals surface area contributed by atoms with Gasteiger partial charge in [0.05, 0.1) is 0 Å². The van der Waals surface area contributed by atoms with E-state index in [1.54, 1.807) is 0 Å². The molecule has 1 aliphatic rings. The Hall–Kier alpha value is -0.610. The normalized spacial score (nSPS) is 24.0. The molecule has 1 fully saturated rings. The second kappa shape index (κ2) is 4.31. The van der Waals surface area contributed by atoms with Crippen LogP contribution in [0.5, 0.6) is 0 Å². The minimum Gasteiger partial charge on any atom is -0.480 e. The van der Waals surface area contributed by atoms with Gasteiger partial charge in [-0.05, 0) is 0 Å². The number of carbonyl (C=O) groups excluding carboxylic acids is 1. The molecule has 5 heteroatoms. The number of nitrogens with one attached hydrogen (secondary N) is 1. The molecule has 1 saturated heterocycles. The van der Waals surface area contributed by atoms with Gasteiger partial charge in [-0.2, -0.15) is 0 Å². The molecule has 1 heterocycles. The van der Waals surface area contributed by atoms with Crippen molar-refractivity contribution >= 4 is 24.2 Å². The molecule has 0 aromatic heterocycles. The summed E-state index contributed by atoms with van der Waals surface area (Å²) in [4.78, 5) is 21.0. The van der Waals surface area contributed by atoms with Crippen molar-refractivity contribution in [1.82, 2.24) is 5.32 Å². The molecule has 0 bridgehead atoms. The third kappa shape index (κ3) is 2.86. The van der Waals surface area contributed by atoms with E-state index in [1.807, 2.05) is 0 Å². The molecular weight excluding hydrogens is 170 g/mol. The molecule has 1 atom stereocenters. The van der Waals surface area contributed by atoms with Crippen LogP contribution in [0, 0.1) is 0 Å². The molecule has 0 saturated carbocycles. The highest BCUT2D eigenvalue weighted by Gasteiger charge is 2.23. The zero-order chi connectivity index (χ0) is 7.56. The number of aliphatic carboxylic acids is 1. The molecule has 0 aliphatic carbocycles. The summed E-state index contributed by atoms with van der Waals surface area (Å²) in [6.45, 7) is 0.496. The van der Waals surface area contributed by atoms with Crippen LogP contribution >= 0.6 is 12.4 Å². The van der Waals surface area contributed by atoms with Crippen LogP contribution in [-0.2, 0) is 9.59 Å². The van der Waals surface area contributed by atoms with E-state index in [-0.39, 0.29) is 24.6 Å². The van der Waals surface area contributed by atoms with Crippen LogP contribution in [0.25, 0.3) is 0 Å². The van der Waals surface area contributed by atoms with Crippen LogP contribution in [0.2, 0.25) is 0 Å². The highest BCUT2D eigenvalue weighted by molar-refractivity contribution is 5.87. The lowest BCUT2D eigenvalue weighted by molar-refractivity contribution is -0.142. The number of halogens is 1. The second-order valence-corrected chi connectivity index (χ2v) is 2.34. The van der Waals surface area contributed by atoms with Gasteiger partial charge < -0.3 is 10.4 Å². The lowest BCUT2D eigenvalue weighted by atomic mass is 10.0. The minimum atomic E-state index is -0.937. The van der Waals surface area contributed by atoms with Crippen molar-refractivity contribution in [3.05, 3.63) is 0 Å². The summed E-state index contributed by atoms with van der Waals surface area (Å²) in [5.74, 6) is -0.904. The van der Waals surface area contributed by atoms with Crippen LogP contribution in [-0.4, -0.2) is 29.4 Å². The highest BCUT2D eigenvalue weighted by Crippen LogP contribution is 2.02. The van der Waals surface area contributed by atoms with Crippen molar-refractivity contribution in [2.75, 3.05) is 6.54 Å². The van der Waals surface area contributed by atoms with Crippen molar-refractivity contribution in [2.45, 2.75) is 18.9 Å². The Morgan fingerprint density at radius 2 is 2.27 bits per heavy atom. The Bertz CT molecular complexity index is 169. The third-order valence-electron chi connectivity index (χ3n) is 1.52. The number of carbonyl (C=O) groups is 2. The number of hydrogen-bond acceptors (Lipinski definition) is 3.